The molecule has 4 nitrogen and oxygen atoms in total. The summed E-state index contributed by atoms with van der Waals surface area (Å²) in [6.45, 7) is 2.39. The van der Waals surface area contributed by atoms with Crippen LogP contribution >= 0.6 is 11.6 Å². The van der Waals surface area contributed by atoms with E-state index in [0.29, 0.717) is 28.8 Å². The number of nitrogens with zero attached hydrogens (tertiary/aromatic N) is 2. The van der Waals surface area contributed by atoms with E-state index >= 15 is 0 Å². The summed E-state index contributed by atoms with van der Waals surface area (Å²) < 4.78 is 5.47. The van der Waals surface area contributed by atoms with Crippen LogP contribution in [0.5, 0.6) is 5.75 Å². The normalized spacial score (nSPS) is 10.2. The Morgan fingerprint density at radius 1 is 1.30 bits per heavy atom. The largest absolute Gasteiger partial charge is 0.493 e. The molecule has 1 amide bonds. The van der Waals surface area contributed by atoms with E-state index in [9.17, 15) is 4.79 Å². The Morgan fingerprint density at radius 2 is 2.05 bits per heavy atom. The van der Waals surface area contributed by atoms with Gasteiger partial charge in [-0.15, -0.1) is 0 Å². The molecule has 0 aliphatic rings. The molecule has 104 valence electrons. The topological polar surface area (TPSA) is 42.4 Å². The van der Waals surface area contributed by atoms with Gasteiger partial charge in [-0.3, -0.25) is 9.69 Å². The van der Waals surface area contributed by atoms with Gasteiger partial charge in [-0.05, 0) is 31.2 Å². The van der Waals surface area contributed by atoms with Gasteiger partial charge in [-0.2, -0.15) is 0 Å². The van der Waals surface area contributed by atoms with Crippen LogP contribution in [0, 0.1) is 0 Å². The Morgan fingerprint density at radius 3 is 2.70 bits per heavy atom. The molecule has 0 aliphatic carbocycles. The van der Waals surface area contributed by atoms with E-state index in [1.165, 1.54) is 11.1 Å². The molecule has 2 aromatic rings. The lowest BCUT2D eigenvalue weighted by Gasteiger charge is -2.18. The predicted octanol–water partition coefficient (Wildman–Crippen LogP) is 3.41. The summed E-state index contributed by atoms with van der Waals surface area (Å²) in [6, 6.07) is 10.5. The number of hydrogen-bond acceptors (Lipinski definition) is 3. The molecule has 0 saturated carbocycles. The van der Waals surface area contributed by atoms with E-state index in [0.717, 1.165) is 0 Å². The van der Waals surface area contributed by atoms with Crippen molar-refractivity contribution in [1.29, 1.82) is 0 Å². The lowest BCUT2D eigenvalue weighted by Crippen LogP contribution is -2.27. The van der Waals surface area contributed by atoms with Crippen LogP contribution < -0.4 is 9.64 Å². The van der Waals surface area contributed by atoms with Crippen molar-refractivity contribution in [1.82, 2.24) is 4.98 Å². The number of rotatable bonds is 4. The molecule has 5 heteroatoms. The minimum absolute atomic E-state index is 0.177. The van der Waals surface area contributed by atoms with Gasteiger partial charge in [-0.25, -0.2) is 4.98 Å². The zero-order valence-electron chi connectivity index (χ0n) is 11.3. The molecular weight excluding hydrogens is 276 g/mol. The fraction of sp³-hybridized carbons (Fsp3) is 0.200. The molecule has 0 unspecified atom stereocenters. The summed E-state index contributed by atoms with van der Waals surface area (Å²) in [5.41, 5.74) is 0.508. The number of ether oxygens (including phenoxy) is 1. The first-order chi connectivity index (χ1) is 9.63. The molecule has 2 rings (SSSR count). The first kappa shape index (κ1) is 14.3. The van der Waals surface area contributed by atoms with Crippen LogP contribution in [0.15, 0.2) is 42.6 Å². The standard InChI is InChI=1S/C15H15ClN2O2/c1-3-20-13-7-5-4-6-12(13)15(19)18(2)14-9-8-11(16)10-17-14/h4-10H,3H2,1-2H3. The van der Waals surface area contributed by atoms with Crippen molar-refractivity contribution in [2.24, 2.45) is 0 Å². The van der Waals surface area contributed by atoms with Gasteiger partial charge in [0.05, 0.1) is 17.2 Å². The number of anilines is 1. The average molecular weight is 291 g/mol. The number of carbonyl (C=O) groups excluding carboxylic acids is 1. The number of carbonyl (C=O) groups is 1. The quantitative estimate of drug-likeness (QED) is 0.866. The highest BCUT2D eigenvalue weighted by molar-refractivity contribution is 6.30. The maximum atomic E-state index is 12.5. The molecule has 0 fully saturated rings. The molecule has 0 bridgehead atoms. The first-order valence-corrected chi connectivity index (χ1v) is 6.62. The fourth-order valence-electron chi connectivity index (χ4n) is 1.78. The van der Waals surface area contributed by atoms with Gasteiger partial charge in [0, 0.05) is 13.2 Å². The molecule has 20 heavy (non-hydrogen) atoms. The van der Waals surface area contributed by atoms with Gasteiger partial charge in [0.1, 0.15) is 11.6 Å². The monoisotopic (exact) mass is 290 g/mol. The first-order valence-electron chi connectivity index (χ1n) is 6.25. The third-order valence-electron chi connectivity index (χ3n) is 2.78. The predicted molar refractivity (Wildman–Crippen MR) is 79.6 cm³/mol. The maximum Gasteiger partial charge on any atom is 0.262 e. The van der Waals surface area contributed by atoms with Gasteiger partial charge in [0.15, 0.2) is 0 Å². The molecule has 1 aromatic carbocycles. The Hall–Kier alpha value is -2.07. The molecule has 0 aliphatic heterocycles. The van der Waals surface area contributed by atoms with Gasteiger partial charge < -0.3 is 4.74 Å². The van der Waals surface area contributed by atoms with Crippen LogP contribution in [-0.2, 0) is 0 Å². The van der Waals surface area contributed by atoms with E-state index in [2.05, 4.69) is 4.98 Å². The maximum absolute atomic E-state index is 12.5. The highest BCUT2D eigenvalue weighted by Crippen LogP contribution is 2.22. The van der Waals surface area contributed by atoms with Crippen LogP contribution in [0.25, 0.3) is 0 Å². The highest BCUT2D eigenvalue weighted by atomic mass is 35.5. The van der Waals surface area contributed by atoms with E-state index in [4.69, 9.17) is 16.3 Å². The number of hydrogen-bond donors (Lipinski definition) is 0. The Labute approximate surface area is 123 Å². The van der Waals surface area contributed by atoms with E-state index in [-0.39, 0.29) is 5.91 Å². The van der Waals surface area contributed by atoms with Gasteiger partial charge in [0.2, 0.25) is 0 Å². The second-order valence-corrected chi connectivity index (χ2v) is 4.56. The summed E-state index contributed by atoms with van der Waals surface area (Å²) in [7, 11) is 1.67. The number of pyridine rings is 1. The van der Waals surface area contributed by atoms with Crippen LogP contribution in [0.3, 0.4) is 0 Å². The van der Waals surface area contributed by atoms with E-state index in [1.807, 2.05) is 13.0 Å². The van der Waals surface area contributed by atoms with Gasteiger partial charge in [0.25, 0.3) is 5.91 Å². The van der Waals surface area contributed by atoms with Crippen molar-refractivity contribution >= 4 is 23.3 Å². The zero-order valence-corrected chi connectivity index (χ0v) is 12.1. The summed E-state index contributed by atoms with van der Waals surface area (Å²) in [6.07, 6.45) is 1.51. The van der Waals surface area contributed by atoms with Crippen molar-refractivity contribution in [3.8, 4) is 5.75 Å². The van der Waals surface area contributed by atoms with Crippen LogP contribution in [0.1, 0.15) is 17.3 Å². The van der Waals surface area contributed by atoms with Crippen molar-refractivity contribution in [2.45, 2.75) is 6.92 Å². The molecule has 1 heterocycles. The molecular formula is C15H15ClN2O2. The fourth-order valence-corrected chi connectivity index (χ4v) is 1.89. The summed E-state index contributed by atoms with van der Waals surface area (Å²) in [5, 5.41) is 0.532. The van der Waals surface area contributed by atoms with Gasteiger partial charge in [-0.1, -0.05) is 23.7 Å². The minimum Gasteiger partial charge on any atom is -0.493 e. The highest BCUT2D eigenvalue weighted by Gasteiger charge is 2.18. The van der Waals surface area contributed by atoms with Crippen LogP contribution in [-0.4, -0.2) is 24.5 Å². The molecule has 0 spiro atoms. The second kappa shape index (κ2) is 6.39. The Kier molecular flexibility index (Phi) is 4.58. The van der Waals surface area contributed by atoms with Gasteiger partial charge >= 0.3 is 0 Å². The van der Waals surface area contributed by atoms with Crippen molar-refractivity contribution < 1.29 is 9.53 Å². The molecule has 0 radical (unpaired) electrons. The Bertz CT molecular complexity index is 599. The smallest absolute Gasteiger partial charge is 0.262 e. The molecule has 1 aromatic heterocycles. The number of halogens is 1. The van der Waals surface area contributed by atoms with E-state index in [1.54, 1.807) is 37.4 Å². The molecule has 0 atom stereocenters. The lowest BCUT2D eigenvalue weighted by molar-refractivity contribution is 0.0988. The molecule has 0 N–H and O–H groups in total. The number of amides is 1. The third kappa shape index (κ3) is 3.08. The second-order valence-electron chi connectivity index (χ2n) is 4.13. The number of para-hydroxylation sites is 1. The minimum atomic E-state index is -0.177. The summed E-state index contributed by atoms with van der Waals surface area (Å²) in [4.78, 5) is 18.1. The van der Waals surface area contributed by atoms with Crippen molar-refractivity contribution in [3.05, 3.63) is 53.2 Å². The van der Waals surface area contributed by atoms with E-state index < -0.39 is 0 Å². The SMILES string of the molecule is CCOc1ccccc1C(=O)N(C)c1ccc(Cl)cn1. The number of aromatic nitrogens is 1. The van der Waals surface area contributed by atoms with Crippen molar-refractivity contribution in [3.63, 3.8) is 0 Å². The third-order valence-corrected chi connectivity index (χ3v) is 3.00. The Balaban J connectivity index is 2.29. The van der Waals surface area contributed by atoms with Crippen molar-refractivity contribution in [2.75, 3.05) is 18.6 Å². The van der Waals surface area contributed by atoms with Crippen LogP contribution in [0.2, 0.25) is 5.02 Å². The lowest BCUT2D eigenvalue weighted by atomic mass is 10.1. The van der Waals surface area contributed by atoms with Crippen LogP contribution in [0.4, 0.5) is 5.82 Å². The summed E-state index contributed by atoms with van der Waals surface area (Å²) in [5.74, 6) is 0.926. The average Bonchev–Trinajstić information content (AvgIpc) is 2.47. The molecule has 0 saturated heterocycles. The summed E-state index contributed by atoms with van der Waals surface area (Å²) >= 11 is 5.79. The number of benzene rings is 1. The zero-order chi connectivity index (χ0) is 14.5.